The van der Waals surface area contributed by atoms with Crippen molar-refractivity contribution >= 4 is 33.2 Å². The molecule has 4 nitrogen and oxygen atoms in total. The highest BCUT2D eigenvalue weighted by Crippen LogP contribution is 2.48. The van der Waals surface area contributed by atoms with Crippen molar-refractivity contribution in [2.24, 2.45) is 17.8 Å². The molecular weight excluding hydrogens is 319 g/mol. The zero-order valence-corrected chi connectivity index (χ0v) is 13.2. The standard InChI is InChI=1S/C13H16Cl2N2O2S/c14-12-5-10(6-16-13(12)15)20(18,19)17-7-11(8-1-2-8)9-3-4-9/h5-6,8-9,11,17H,1-4,7H2. The number of hydrogen-bond donors (Lipinski definition) is 1. The molecule has 0 saturated heterocycles. The summed E-state index contributed by atoms with van der Waals surface area (Å²) in [6.07, 6.45) is 6.17. The number of pyridine rings is 1. The summed E-state index contributed by atoms with van der Waals surface area (Å²) >= 11 is 11.5. The molecule has 0 atom stereocenters. The lowest BCUT2D eigenvalue weighted by molar-refractivity contribution is 0.401. The molecule has 0 spiro atoms. The van der Waals surface area contributed by atoms with Crippen LogP contribution < -0.4 is 4.72 Å². The lowest BCUT2D eigenvalue weighted by atomic mass is 9.99. The zero-order chi connectivity index (χ0) is 14.3. The number of hydrogen-bond acceptors (Lipinski definition) is 3. The van der Waals surface area contributed by atoms with Gasteiger partial charge in [0.15, 0.2) is 0 Å². The molecule has 0 aromatic carbocycles. The predicted molar refractivity (Wildman–Crippen MR) is 78.4 cm³/mol. The van der Waals surface area contributed by atoms with Crippen molar-refractivity contribution in [3.05, 3.63) is 22.4 Å². The summed E-state index contributed by atoms with van der Waals surface area (Å²) in [6.45, 7) is 0.512. The van der Waals surface area contributed by atoms with E-state index in [9.17, 15) is 8.42 Å². The van der Waals surface area contributed by atoms with Crippen molar-refractivity contribution in [2.75, 3.05) is 6.54 Å². The van der Waals surface area contributed by atoms with Crippen LogP contribution in [0.2, 0.25) is 10.2 Å². The van der Waals surface area contributed by atoms with Crippen LogP contribution in [0.5, 0.6) is 0 Å². The second-order valence-electron chi connectivity index (χ2n) is 5.63. The van der Waals surface area contributed by atoms with E-state index in [1.807, 2.05) is 0 Å². The Bertz CT molecular complexity index is 601. The molecule has 1 aromatic heterocycles. The number of rotatable bonds is 6. The van der Waals surface area contributed by atoms with Gasteiger partial charge in [0, 0.05) is 12.7 Å². The van der Waals surface area contributed by atoms with Crippen molar-refractivity contribution in [3.8, 4) is 0 Å². The average Bonchev–Trinajstić information content (AvgIpc) is 3.25. The van der Waals surface area contributed by atoms with Gasteiger partial charge in [0.25, 0.3) is 0 Å². The van der Waals surface area contributed by atoms with Gasteiger partial charge >= 0.3 is 0 Å². The van der Waals surface area contributed by atoms with Crippen molar-refractivity contribution in [1.82, 2.24) is 9.71 Å². The maximum Gasteiger partial charge on any atom is 0.242 e. The molecule has 110 valence electrons. The minimum atomic E-state index is -3.56. The van der Waals surface area contributed by atoms with E-state index in [-0.39, 0.29) is 15.1 Å². The molecule has 2 fully saturated rings. The molecule has 1 aromatic rings. The van der Waals surface area contributed by atoms with Gasteiger partial charge in [-0.15, -0.1) is 0 Å². The Balaban J connectivity index is 1.69. The fraction of sp³-hybridized carbons (Fsp3) is 0.615. The SMILES string of the molecule is O=S(=O)(NCC(C1CC1)C1CC1)c1cnc(Cl)c(Cl)c1. The van der Waals surface area contributed by atoms with Crippen LogP contribution in [0.3, 0.4) is 0 Å². The first-order valence-electron chi connectivity index (χ1n) is 6.78. The first-order chi connectivity index (χ1) is 9.47. The molecule has 2 saturated carbocycles. The summed E-state index contributed by atoms with van der Waals surface area (Å²) < 4.78 is 27.2. The average molecular weight is 335 g/mol. The Morgan fingerprint density at radius 2 is 1.85 bits per heavy atom. The van der Waals surface area contributed by atoms with E-state index in [4.69, 9.17) is 23.2 Å². The highest BCUT2D eigenvalue weighted by atomic mass is 35.5. The third-order valence-corrected chi connectivity index (χ3v) is 6.12. The smallest absolute Gasteiger partial charge is 0.242 e. The highest BCUT2D eigenvalue weighted by molar-refractivity contribution is 7.89. The van der Waals surface area contributed by atoms with Gasteiger partial charge in [-0.3, -0.25) is 0 Å². The monoisotopic (exact) mass is 334 g/mol. The maximum atomic E-state index is 12.2. The van der Waals surface area contributed by atoms with Crippen molar-refractivity contribution in [1.29, 1.82) is 0 Å². The lowest BCUT2D eigenvalue weighted by Gasteiger charge is -2.16. The molecule has 0 radical (unpaired) electrons. The summed E-state index contributed by atoms with van der Waals surface area (Å²) in [5, 5.41) is 0.259. The van der Waals surface area contributed by atoms with E-state index in [1.165, 1.54) is 37.9 Å². The molecule has 0 unspecified atom stereocenters. The van der Waals surface area contributed by atoms with E-state index >= 15 is 0 Å². The molecule has 1 N–H and O–H groups in total. The summed E-state index contributed by atoms with van der Waals surface area (Å²) in [6, 6.07) is 1.34. The molecule has 0 bridgehead atoms. The van der Waals surface area contributed by atoms with Crippen LogP contribution in [0.1, 0.15) is 25.7 Å². The van der Waals surface area contributed by atoms with Crippen LogP contribution in [0.25, 0.3) is 0 Å². The van der Waals surface area contributed by atoms with Gasteiger partial charge in [-0.2, -0.15) is 0 Å². The largest absolute Gasteiger partial charge is 0.242 e. The van der Waals surface area contributed by atoms with Crippen LogP contribution in [0, 0.1) is 17.8 Å². The number of halogens is 2. The van der Waals surface area contributed by atoms with Gasteiger partial charge in [-0.05, 0) is 49.5 Å². The molecule has 2 aliphatic rings. The first-order valence-corrected chi connectivity index (χ1v) is 9.02. The summed E-state index contributed by atoms with van der Waals surface area (Å²) in [5.41, 5.74) is 0. The summed E-state index contributed by atoms with van der Waals surface area (Å²) in [4.78, 5) is 3.85. The maximum absolute atomic E-state index is 12.2. The van der Waals surface area contributed by atoms with Crippen LogP contribution in [-0.4, -0.2) is 19.9 Å². The fourth-order valence-corrected chi connectivity index (χ4v) is 3.98. The molecule has 2 aliphatic carbocycles. The third kappa shape index (κ3) is 3.27. The normalized spacial score (nSPS) is 19.6. The Morgan fingerprint density at radius 3 is 2.35 bits per heavy atom. The Labute approximate surface area is 128 Å². The van der Waals surface area contributed by atoms with Gasteiger partial charge < -0.3 is 0 Å². The Kier molecular flexibility index (Phi) is 3.97. The number of sulfonamides is 1. The second-order valence-corrected chi connectivity index (χ2v) is 8.17. The van der Waals surface area contributed by atoms with Crippen LogP contribution in [0.15, 0.2) is 17.2 Å². The van der Waals surface area contributed by atoms with Crippen LogP contribution in [0.4, 0.5) is 0 Å². The number of aromatic nitrogens is 1. The third-order valence-electron chi connectivity index (χ3n) is 4.05. The Morgan fingerprint density at radius 1 is 1.25 bits per heavy atom. The molecule has 3 rings (SSSR count). The molecule has 1 heterocycles. The fourth-order valence-electron chi connectivity index (χ4n) is 2.61. The van der Waals surface area contributed by atoms with Gasteiger partial charge in [0.05, 0.1) is 5.02 Å². The van der Waals surface area contributed by atoms with Crippen LogP contribution in [-0.2, 0) is 10.0 Å². The van der Waals surface area contributed by atoms with Crippen molar-refractivity contribution < 1.29 is 8.42 Å². The van der Waals surface area contributed by atoms with Gasteiger partial charge in [-0.25, -0.2) is 18.1 Å². The number of nitrogens with zero attached hydrogens (tertiary/aromatic N) is 1. The first kappa shape index (κ1) is 14.6. The summed E-state index contributed by atoms with van der Waals surface area (Å²) in [5.74, 6) is 1.90. The Hall–Kier alpha value is -0.360. The predicted octanol–water partition coefficient (Wildman–Crippen LogP) is 3.10. The lowest BCUT2D eigenvalue weighted by Crippen LogP contribution is -2.31. The molecule has 20 heavy (non-hydrogen) atoms. The van der Waals surface area contributed by atoms with Crippen LogP contribution >= 0.6 is 23.2 Å². The molecule has 0 aliphatic heterocycles. The highest BCUT2D eigenvalue weighted by Gasteiger charge is 2.41. The minimum Gasteiger partial charge on any atom is -0.242 e. The second kappa shape index (κ2) is 5.44. The van der Waals surface area contributed by atoms with E-state index in [0.29, 0.717) is 24.3 Å². The van der Waals surface area contributed by atoms with Gasteiger partial charge in [-0.1, -0.05) is 23.2 Å². The van der Waals surface area contributed by atoms with E-state index in [2.05, 4.69) is 9.71 Å². The quantitative estimate of drug-likeness (QED) is 0.813. The van der Waals surface area contributed by atoms with E-state index in [0.717, 1.165) is 0 Å². The van der Waals surface area contributed by atoms with Gasteiger partial charge in [0.2, 0.25) is 10.0 Å². The van der Waals surface area contributed by atoms with E-state index in [1.54, 1.807) is 0 Å². The molecular formula is C13H16Cl2N2O2S. The number of nitrogens with one attached hydrogen (secondary N) is 1. The topological polar surface area (TPSA) is 59.1 Å². The minimum absolute atomic E-state index is 0.0669. The zero-order valence-electron chi connectivity index (χ0n) is 10.9. The molecule has 0 amide bonds. The van der Waals surface area contributed by atoms with E-state index < -0.39 is 10.0 Å². The van der Waals surface area contributed by atoms with Crippen molar-refractivity contribution in [2.45, 2.75) is 30.6 Å². The van der Waals surface area contributed by atoms with Crippen molar-refractivity contribution in [3.63, 3.8) is 0 Å². The summed E-state index contributed by atoms with van der Waals surface area (Å²) in [7, 11) is -3.56. The van der Waals surface area contributed by atoms with Gasteiger partial charge in [0.1, 0.15) is 10.0 Å². The molecule has 7 heteroatoms.